The van der Waals surface area contributed by atoms with Gasteiger partial charge in [-0.2, -0.15) is 5.10 Å². The first kappa shape index (κ1) is 7.79. The summed E-state index contributed by atoms with van der Waals surface area (Å²) in [6.07, 6.45) is 0. The second kappa shape index (κ2) is 3.19. The summed E-state index contributed by atoms with van der Waals surface area (Å²) >= 11 is 0. The van der Waals surface area contributed by atoms with Crippen molar-refractivity contribution < 1.29 is 0 Å². The quantitative estimate of drug-likeness (QED) is 0.463. The van der Waals surface area contributed by atoms with Crippen LogP contribution in [0.4, 0.5) is 5.69 Å². The van der Waals surface area contributed by atoms with Crippen molar-refractivity contribution in [3.05, 3.63) is 29.8 Å². The van der Waals surface area contributed by atoms with E-state index in [9.17, 15) is 0 Å². The second-order valence-corrected chi connectivity index (χ2v) is 2.45. The van der Waals surface area contributed by atoms with Gasteiger partial charge in [0.2, 0.25) is 0 Å². The molecule has 0 bridgehead atoms. The van der Waals surface area contributed by atoms with E-state index >= 15 is 0 Å². The number of hydrogen-bond acceptors (Lipinski definition) is 2. The van der Waals surface area contributed by atoms with Crippen molar-refractivity contribution in [3.63, 3.8) is 0 Å². The Kier molecular flexibility index (Phi) is 2.26. The Morgan fingerprint density at radius 3 is 2.55 bits per heavy atom. The molecule has 0 unspecified atom stereocenters. The molecule has 1 aromatic carbocycles. The Bertz CT molecular complexity index is 255. The van der Waals surface area contributed by atoms with E-state index in [1.165, 1.54) is 5.56 Å². The van der Waals surface area contributed by atoms with Gasteiger partial charge in [-0.25, -0.2) is 0 Å². The summed E-state index contributed by atoms with van der Waals surface area (Å²) in [4.78, 5) is 0. The molecule has 58 valence electrons. The maximum atomic E-state index is 3.80. The van der Waals surface area contributed by atoms with E-state index in [0.717, 1.165) is 5.69 Å². The zero-order valence-corrected chi connectivity index (χ0v) is 6.91. The Morgan fingerprint density at radius 2 is 2.00 bits per heavy atom. The minimum atomic E-state index is 1.10. The third-order valence-electron chi connectivity index (χ3n) is 1.68. The van der Waals surface area contributed by atoms with Gasteiger partial charge >= 0.3 is 0 Å². The Balaban J connectivity index is 3.02. The second-order valence-electron chi connectivity index (χ2n) is 2.45. The van der Waals surface area contributed by atoms with Crippen LogP contribution in [-0.2, 0) is 0 Å². The van der Waals surface area contributed by atoms with Crippen molar-refractivity contribution in [1.82, 2.24) is 0 Å². The average molecular weight is 148 g/mol. The van der Waals surface area contributed by atoms with E-state index < -0.39 is 0 Å². The molecule has 0 atom stereocenters. The molecule has 1 aromatic rings. The molecule has 0 amide bonds. The highest BCUT2D eigenvalue weighted by Crippen LogP contribution is 2.16. The smallest absolute Gasteiger partial charge is 0.0619 e. The fourth-order valence-corrected chi connectivity index (χ4v) is 1.00. The summed E-state index contributed by atoms with van der Waals surface area (Å²) in [6, 6.07) is 8.07. The van der Waals surface area contributed by atoms with Gasteiger partial charge < -0.3 is 0 Å². The molecule has 0 heterocycles. The summed E-state index contributed by atoms with van der Waals surface area (Å²) in [5, 5.41) is 5.56. The summed E-state index contributed by atoms with van der Waals surface area (Å²) in [6.45, 7) is 5.51. The van der Waals surface area contributed by atoms with E-state index in [1.54, 1.807) is 5.01 Å². The molecule has 11 heavy (non-hydrogen) atoms. The zero-order valence-electron chi connectivity index (χ0n) is 6.91. The van der Waals surface area contributed by atoms with E-state index in [4.69, 9.17) is 0 Å². The predicted octanol–water partition coefficient (Wildman–Crippen LogP) is 2.05. The van der Waals surface area contributed by atoms with Gasteiger partial charge in [-0.3, -0.25) is 5.01 Å². The molecule has 0 aromatic heterocycles. The van der Waals surface area contributed by atoms with Crippen LogP contribution < -0.4 is 5.01 Å². The van der Waals surface area contributed by atoms with Crippen LogP contribution in [-0.4, -0.2) is 13.8 Å². The first-order valence-corrected chi connectivity index (χ1v) is 3.51. The van der Waals surface area contributed by atoms with E-state index in [-0.39, 0.29) is 0 Å². The van der Waals surface area contributed by atoms with Crippen LogP contribution in [0.1, 0.15) is 5.56 Å². The van der Waals surface area contributed by atoms with Gasteiger partial charge in [0, 0.05) is 13.8 Å². The summed E-state index contributed by atoms with van der Waals surface area (Å²) < 4.78 is 0. The normalized spacial score (nSPS) is 9.27. The molecule has 0 N–H and O–H groups in total. The van der Waals surface area contributed by atoms with Crippen LogP contribution >= 0.6 is 0 Å². The molecule has 2 nitrogen and oxygen atoms in total. The monoisotopic (exact) mass is 148 g/mol. The number of rotatable bonds is 2. The molecular weight excluding hydrogens is 136 g/mol. The van der Waals surface area contributed by atoms with Crippen LogP contribution in [0.5, 0.6) is 0 Å². The molecule has 0 saturated carbocycles. The highest BCUT2D eigenvalue weighted by Gasteiger charge is 1.98. The molecule has 0 saturated heterocycles. The maximum Gasteiger partial charge on any atom is 0.0619 e. The average Bonchev–Trinajstić information content (AvgIpc) is 2.04. The van der Waals surface area contributed by atoms with E-state index in [2.05, 4.69) is 24.8 Å². The van der Waals surface area contributed by atoms with Crippen molar-refractivity contribution in [1.29, 1.82) is 0 Å². The number of para-hydroxylation sites is 1. The summed E-state index contributed by atoms with van der Waals surface area (Å²) in [7, 11) is 1.88. The molecule has 0 spiro atoms. The van der Waals surface area contributed by atoms with Crippen molar-refractivity contribution in [3.8, 4) is 0 Å². The molecule has 0 fully saturated rings. The minimum Gasteiger partial charge on any atom is -0.269 e. The van der Waals surface area contributed by atoms with Gasteiger partial charge in [-0.05, 0) is 18.6 Å². The molecule has 0 aliphatic heterocycles. The number of benzene rings is 1. The van der Waals surface area contributed by atoms with Crippen LogP contribution in [0.25, 0.3) is 0 Å². The lowest BCUT2D eigenvalue weighted by Gasteiger charge is -2.13. The molecular formula is C9H12N2. The van der Waals surface area contributed by atoms with Gasteiger partial charge in [0.25, 0.3) is 0 Å². The number of anilines is 1. The number of hydrazone groups is 1. The Labute approximate surface area is 67.2 Å². The number of nitrogens with zero attached hydrogens (tertiary/aromatic N) is 2. The fraction of sp³-hybridized carbons (Fsp3) is 0.222. The third-order valence-corrected chi connectivity index (χ3v) is 1.68. The standard InChI is InChI=1S/C9H12N2/c1-8-6-4-5-7-9(8)11(3)10-2/h4-7H,2H2,1,3H3. The lowest BCUT2D eigenvalue weighted by molar-refractivity contribution is 1.02. The molecule has 0 radical (unpaired) electrons. The van der Waals surface area contributed by atoms with Crippen molar-refractivity contribution >= 4 is 12.4 Å². The zero-order chi connectivity index (χ0) is 8.27. The van der Waals surface area contributed by atoms with Crippen LogP contribution in [0.3, 0.4) is 0 Å². The molecule has 0 aliphatic carbocycles. The molecule has 2 heteroatoms. The molecule has 0 aliphatic rings. The van der Waals surface area contributed by atoms with Crippen LogP contribution in [0.15, 0.2) is 29.4 Å². The van der Waals surface area contributed by atoms with Crippen molar-refractivity contribution in [2.24, 2.45) is 5.10 Å². The largest absolute Gasteiger partial charge is 0.269 e. The predicted molar refractivity (Wildman–Crippen MR) is 49.1 cm³/mol. The highest BCUT2D eigenvalue weighted by molar-refractivity contribution is 5.52. The number of aryl methyl sites for hydroxylation is 1. The highest BCUT2D eigenvalue weighted by atomic mass is 15.4. The van der Waals surface area contributed by atoms with Gasteiger partial charge in [0.15, 0.2) is 0 Å². The summed E-state index contributed by atoms with van der Waals surface area (Å²) in [5.74, 6) is 0. The summed E-state index contributed by atoms with van der Waals surface area (Å²) in [5.41, 5.74) is 2.31. The van der Waals surface area contributed by atoms with Crippen molar-refractivity contribution in [2.75, 3.05) is 12.1 Å². The first-order chi connectivity index (χ1) is 5.25. The van der Waals surface area contributed by atoms with Gasteiger partial charge in [-0.15, -0.1) is 0 Å². The minimum absolute atomic E-state index is 1.10. The Morgan fingerprint density at radius 1 is 1.36 bits per heavy atom. The lowest BCUT2D eigenvalue weighted by atomic mass is 10.2. The fourth-order valence-electron chi connectivity index (χ4n) is 1.00. The SMILES string of the molecule is C=NN(C)c1ccccc1C. The molecule has 1 rings (SSSR count). The lowest BCUT2D eigenvalue weighted by Crippen LogP contribution is -2.08. The Hall–Kier alpha value is -1.31. The first-order valence-electron chi connectivity index (χ1n) is 3.51. The van der Waals surface area contributed by atoms with E-state index in [0.29, 0.717) is 0 Å². The van der Waals surface area contributed by atoms with E-state index in [1.807, 2.05) is 25.2 Å². The van der Waals surface area contributed by atoms with Crippen LogP contribution in [0, 0.1) is 6.92 Å². The van der Waals surface area contributed by atoms with Gasteiger partial charge in [-0.1, -0.05) is 18.2 Å². The van der Waals surface area contributed by atoms with Crippen molar-refractivity contribution in [2.45, 2.75) is 6.92 Å². The van der Waals surface area contributed by atoms with Gasteiger partial charge in [0.1, 0.15) is 0 Å². The maximum absolute atomic E-state index is 3.80. The topological polar surface area (TPSA) is 15.6 Å². The van der Waals surface area contributed by atoms with Gasteiger partial charge in [0.05, 0.1) is 5.69 Å². The number of hydrogen-bond donors (Lipinski definition) is 0. The third kappa shape index (κ3) is 1.58. The van der Waals surface area contributed by atoms with Crippen LogP contribution in [0.2, 0.25) is 0 Å².